The molecule has 0 saturated heterocycles. The van der Waals surface area contributed by atoms with Gasteiger partial charge in [-0.2, -0.15) is 4.79 Å². The van der Waals surface area contributed by atoms with Crippen molar-refractivity contribution in [1.82, 2.24) is 0 Å². The third-order valence-corrected chi connectivity index (χ3v) is 10.7. The molecule has 222 valence electrons. The van der Waals surface area contributed by atoms with Gasteiger partial charge in [-0.25, -0.2) is 18.9 Å². The number of nitrogens with zero attached hydrogens (tertiary/aromatic N) is 1. The highest BCUT2D eigenvalue weighted by molar-refractivity contribution is 5.91. The molecule has 3 N–H and O–H groups in total. The van der Waals surface area contributed by atoms with Gasteiger partial charge in [0.05, 0.1) is 14.1 Å². The highest BCUT2D eigenvalue weighted by Crippen LogP contribution is 2.68. The van der Waals surface area contributed by atoms with Crippen LogP contribution in [-0.2, 0) is 28.6 Å². The number of fused-ring (bicyclic) bond motifs is 5. The number of carboxylic acids is 1. The Kier molecular flexibility index (Phi) is 7.83. The number of carbonyl (C=O) groups excluding carboxylic acids is 3. The van der Waals surface area contributed by atoms with Crippen LogP contribution in [0.15, 0.2) is 11.6 Å². The van der Waals surface area contributed by atoms with Gasteiger partial charge < -0.3 is 29.5 Å². The minimum atomic E-state index is -1.73. The van der Waals surface area contributed by atoms with Crippen LogP contribution in [0.5, 0.6) is 0 Å². The molecule has 0 heterocycles. The summed E-state index contributed by atoms with van der Waals surface area (Å²) in [5.41, 5.74) is -1.36. The number of ether oxygens (including phenoxy) is 3. The fourth-order valence-corrected chi connectivity index (χ4v) is 8.65. The molecule has 0 spiro atoms. The monoisotopic (exact) mass is 566 g/mol. The standard InChI is InChI=1S/C28H39NO11/c1-26-10-7-17(30)13-16(26)5-6-18-19(26)8-11-27(2)20(18)9-12-28(27,37)22(23(32)33)29(3,4)24(34)38-14-21(31)39-15-40-25(35)36/h13,18-20,22,37H,5-12,14-15H2,1-4H3,(H-,32,33,35,36)/p+1/t18?,19?,20?,22?,26-,27-,28-/m0/s1. The average molecular weight is 567 g/mol. The van der Waals surface area contributed by atoms with Crippen LogP contribution in [0.2, 0.25) is 0 Å². The third kappa shape index (κ3) is 4.78. The number of aliphatic carboxylic acids is 1. The molecule has 40 heavy (non-hydrogen) atoms. The first-order valence-corrected chi connectivity index (χ1v) is 13.8. The lowest BCUT2D eigenvalue weighted by atomic mass is 9.46. The van der Waals surface area contributed by atoms with E-state index in [0.717, 1.165) is 25.7 Å². The van der Waals surface area contributed by atoms with Gasteiger partial charge in [0.25, 0.3) is 0 Å². The predicted molar refractivity (Wildman–Crippen MR) is 137 cm³/mol. The van der Waals surface area contributed by atoms with E-state index < -0.39 is 59.1 Å². The number of carbonyl (C=O) groups is 5. The van der Waals surface area contributed by atoms with Crippen molar-refractivity contribution in [2.24, 2.45) is 28.6 Å². The smallest absolute Gasteiger partial charge is 0.477 e. The van der Waals surface area contributed by atoms with E-state index in [1.165, 1.54) is 19.7 Å². The maximum atomic E-state index is 13.1. The summed E-state index contributed by atoms with van der Waals surface area (Å²) >= 11 is 0. The zero-order valence-corrected chi connectivity index (χ0v) is 23.5. The second-order valence-corrected chi connectivity index (χ2v) is 12.8. The second-order valence-electron chi connectivity index (χ2n) is 12.8. The van der Waals surface area contributed by atoms with E-state index in [-0.39, 0.29) is 29.5 Å². The summed E-state index contributed by atoms with van der Waals surface area (Å²) in [6.07, 6.45) is 4.37. The van der Waals surface area contributed by atoms with Gasteiger partial charge in [-0.1, -0.05) is 19.4 Å². The van der Waals surface area contributed by atoms with Crippen LogP contribution in [0.4, 0.5) is 9.59 Å². The van der Waals surface area contributed by atoms with Crippen LogP contribution < -0.4 is 0 Å². The first kappa shape index (κ1) is 30.0. The van der Waals surface area contributed by atoms with Crippen LogP contribution in [0.3, 0.4) is 0 Å². The van der Waals surface area contributed by atoms with Gasteiger partial charge in [0.15, 0.2) is 12.4 Å². The van der Waals surface area contributed by atoms with Crippen LogP contribution >= 0.6 is 0 Å². The summed E-state index contributed by atoms with van der Waals surface area (Å²) < 4.78 is 12.8. The van der Waals surface area contributed by atoms with Crippen molar-refractivity contribution in [1.29, 1.82) is 0 Å². The van der Waals surface area contributed by atoms with E-state index in [1.54, 1.807) is 0 Å². The Labute approximate surface area is 232 Å². The molecule has 7 atom stereocenters. The van der Waals surface area contributed by atoms with E-state index in [4.69, 9.17) is 9.84 Å². The number of rotatable bonds is 7. The van der Waals surface area contributed by atoms with Gasteiger partial charge >= 0.3 is 24.2 Å². The summed E-state index contributed by atoms with van der Waals surface area (Å²) in [4.78, 5) is 60.2. The Morgan fingerprint density at radius 3 is 2.30 bits per heavy atom. The number of likely N-dealkylation sites (N-methyl/N-ethyl adjacent to an activating group) is 1. The average Bonchev–Trinajstić information content (AvgIpc) is 3.13. The Morgan fingerprint density at radius 1 is 0.975 bits per heavy atom. The zero-order valence-electron chi connectivity index (χ0n) is 23.5. The van der Waals surface area contributed by atoms with Gasteiger partial charge in [0.2, 0.25) is 12.8 Å². The molecule has 0 aliphatic heterocycles. The highest BCUT2D eigenvalue weighted by Gasteiger charge is 2.71. The first-order valence-electron chi connectivity index (χ1n) is 13.8. The number of allylic oxidation sites excluding steroid dienone is 1. The number of esters is 1. The first-order chi connectivity index (χ1) is 18.6. The lowest BCUT2D eigenvalue weighted by Gasteiger charge is -2.59. The summed E-state index contributed by atoms with van der Waals surface area (Å²) in [7, 11) is 2.66. The molecule has 0 aromatic heterocycles. The van der Waals surface area contributed by atoms with Gasteiger partial charge in [0, 0.05) is 11.8 Å². The summed E-state index contributed by atoms with van der Waals surface area (Å²) in [6, 6.07) is -1.57. The van der Waals surface area contributed by atoms with E-state index in [0.29, 0.717) is 25.2 Å². The number of quaternary nitrogens is 1. The maximum Gasteiger partial charge on any atom is 0.516 e. The van der Waals surface area contributed by atoms with Gasteiger partial charge in [0.1, 0.15) is 5.60 Å². The molecule has 0 radical (unpaired) electrons. The molecule has 4 unspecified atom stereocenters. The van der Waals surface area contributed by atoms with Gasteiger partial charge in [-0.15, -0.1) is 0 Å². The number of aliphatic hydroxyl groups is 1. The molecule has 4 rings (SSSR count). The maximum absolute atomic E-state index is 13.1. The second kappa shape index (κ2) is 10.4. The molecule has 3 saturated carbocycles. The normalized spacial score (nSPS) is 35.8. The number of hydrogen-bond donors (Lipinski definition) is 3. The predicted octanol–water partition coefficient (Wildman–Crippen LogP) is 3.11. The topological polar surface area (TPSA) is 174 Å². The number of hydrogen-bond acceptors (Lipinski definition) is 9. The van der Waals surface area contributed by atoms with Crippen molar-refractivity contribution in [3.05, 3.63) is 11.6 Å². The number of ketones is 1. The van der Waals surface area contributed by atoms with Crippen molar-refractivity contribution in [3.8, 4) is 0 Å². The quantitative estimate of drug-likeness (QED) is 0.235. The van der Waals surface area contributed by atoms with Crippen LogP contribution in [0.25, 0.3) is 0 Å². The molecular weight excluding hydrogens is 526 g/mol. The van der Waals surface area contributed by atoms with E-state index in [9.17, 15) is 34.2 Å². The SMILES string of the molecule is C[C@]12CCC(=O)C=C1CCC1C2CC[C@@]2(C)C1CC[C@]2(O)C(C(=O)O)[N+](C)(C)C(=O)OCC(=O)OCOC(=O)O. The van der Waals surface area contributed by atoms with E-state index in [2.05, 4.69) is 16.4 Å². The fraction of sp³-hybridized carbons (Fsp3) is 0.750. The molecule has 12 heteroatoms. The summed E-state index contributed by atoms with van der Waals surface area (Å²) in [5, 5.41) is 31.1. The fourth-order valence-electron chi connectivity index (χ4n) is 8.65. The molecule has 0 aromatic carbocycles. The van der Waals surface area contributed by atoms with Crippen LogP contribution in [0, 0.1) is 28.6 Å². The Balaban J connectivity index is 1.54. The Hall–Kier alpha value is -2.99. The third-order valence-electron chi connectivity index (χ3n) is 10.7. The molecule has 4 aliphatic rings. The molecule has 4 aliphatic carbocycles. The molecule has 12 nitrogen and oxygen atoms in total. The Morgan fingerprint density at radius 2 is 1.65 bits per heavy atom. The summed E-state index contributed by atoms with van der Waals surface area (Å²) in [6.45, 7) is 2.44. The Bertz CT molecular complexity index is 1130. The zero-order chi connectivity index (χ0) is 29.7. The lowest BCUT2D eigenvalue weighted by Crippen LogP contribution is -2.71. The lowest BCUT2D eigenvalue weighted by molar-refractivity contribution is -0.845. The molecular formula is C28H40NO11+. The van der Waals surface area contributed by atoms with E-state index >= 15 is 0 Å². The highest BCUT2D eigenvalue weighted by atomic mass is 16.8. The van der Waals surface area contributed by atoms with Crippen molar-refractivity contribution >= 4 is 30.0 Å². The van der Waals surface area contributed by atoms with Crippen molar-refractivity contribution in [3.63, 3.8) is 0 Å². The molecule has 0 bridgehead atoms. The molecule has 3 fully saturated rings. The van der Waals surface area contributed by atoms with Crippen molar-refractivity contribution in [2.45, 2.75) is 76.9 Å². The minimum absolute atomic E-state index is 0.0503. The van der Waals surface area contributed by atoms with Crippen LogP contribution in [-0.4, -0.2) is 88.9 Å². The number of carboxylic acid groups (broad SMARTS) is 2. The van der Waals surface area contributed by atoms with Gasteiger partial charge in [-0.3, -0.25) is 4.79 Å². The molecule has 1 amide bonds. The summed E-state index contributed by atoms with van der Waals surface area (Å²) in [5.74, 6) is -1.59. The van der Waals surface area contributed by atoms with E-state index in [1.807, 2.05) is 13.0 Å². The van der Waals surface area contributed by atoms with Crippen molar-refractivity contribution < 1.29 is 58.0 Å². The molecule has 0 aromatic rings. The van der Waals surface area contributed by atoms with Gasteiger partial charge in [-0.05, 0) is 74.2 Å². The van der Waals surface area contributed by atoms with Crippen LogP contribution in [0.1, 0.15) is 65.2 Å². The van der Waals surface area contributed by atoms with Crippen molar-refractivity contribution in [2.75, 3.05) is 27.5 Å². The minimum Gasteiger partial charge on any atom is -0.477 e. The largest absolute Gasteiger partial charge is 0.516 e. The number of amides is 1.